The van der Waals surface area contributed by atoms with Gasteiger partial charge in [0, 0.05) is 31.6 Å². The number of anilines is 1. The van der Waals surface area contributed by atoms with Crippen molar-refractivity contribution < 1.29 is 9.59 Å². The molecule has 150 valence electrons. The second-order valence-corrected chi connectivity index (χ2v) is 7.67. The van der Waals surface area contributed by atoms with Gasteiger partial charge in [0.05, 0.1) is 0 Å². The molecule has 1 aromatic carbocycles. The van der Waals surface area contributed by atoms with Crippen LogP contribution in [0.3, 0.4) is 0 Å². The van der Waals surface area contributed by atoms with Crippen LogP contribution in [0, 0.1) is 11.8 Å². The molecule has 2 aliphatic rings. The quantitative estimate of drug-likeness (QED) is 0.700. The van der Waals surface area contributed by atoms with Gasteiger partial charge in [-0.1, -0.05) is 25.1 Å². The maximum absolute atomic E-state index is 12.4. The average Bonchev–Trinajstić information content (AvgIpc) is 3.10. The van der Waals surface area contributed by atoms with Crippen molar-refractivity contribution in [3.05, 3.63) is 29.8 Å². The van der Waals surface area contributed by atoms with E-state index in [4.69, 9.17) is 0 Å². The van der Waals surface area contributed by atoms with Crippen molar-refractivity contribution in [1.29, 1.82) is 0 Å². The minimum atomic E-state index is 0. The van der Waals surface area contributed by atoms with E-state index in [0.29, 0.717) is 37.6 Å². The summed E-state index contributed by atoms with van der Waals surface area (Å²) in [5, 5.41) is 6.40. The van der Waals surface area contributed by atoms with Crippen molar-refractivity contribution in [3.8, 4) is 0 Å². The van der Waals surface area contributed by atoms with Gasteiger partial charge in [0.2, 0.25) is 11.8 Å². The highest BCUT2D eigenvalue weighted by Gasteiger charge is 2.24. The molecule has 1 fully saturated rings. The van der Waals surface area contributed by atoms with Gasteiger partial charge in [-0.3, -0.25) is 9.59 Å². The van der Waals surface area contributed by atoms with Crippen LogP contribution >= 0.6 is 12.4 Å². The molecule has 0 radical (unpaired) electrons. The fourth-order valence-corrected chi connectivity index (χ4v) is 4.10. The summed E-state index contributed by atoms with van der Waals surface area (Å²) in [7, 11) is 0. The maximum atomic E-state index is 12.4. The van der Waals surface area contributed by atoms with Crippen molar-refractivity contribution in [3.63, 3.8) is 0 Å². The molecule has 0 aliphatic carbocycles. The first kappa shape index (κ1) is 21.7. The summed E-state index contributed by atoms with van der Waals surface area (Å²) < 4.78 is 0. The third kappa shape index (κ3) is 5.94. The lowest BCUT2D eigenvalue weighted by atomic mass is 9.85. The molecule has 1 saturated heterocycles. The molecule has 2 atom stereocenters. The lowest BCUT2D eigenvalue weighted by molar-refractivity contribution is -0.123. The molecule has 5 nitrogen and oxygen atoms in total. The Balaban J connectivity index is 0.00000261. The molecule has 2 unspecified atom stereocenters. The normalized spacial score (nSPS) is 19.7. The van der Waals surface area contributed by atoms with Crippen molar-refractivity contribution in [2.24, 2.45) is 11.8 Å². The highest BCUT2D eigenvalue weighted by atomic mass is 35.5. The van der Waals surface area contributed by atoms with Gasteiger partial charge in [-0.15, -0.1) is 12.4 Å². The lowest BCUT2D eigenvalue weighted by Gasteiger charge is -2.28. The molecule has 0 saturated carbocycles. The smallest absolute Gasteiger partial charge is 0.227 e. The van der Waals surface area contributed by atoms with Crippen LogP contribution in [0.25, 0.3) is 0 Å². The van der Waals surface area contributed by atoms with E-state index >= 15 is 0 Å². The van der Waals surface area contributed by atoms with E-state index in [-0.39, 0.29) is 24.2 Å². The number of hydrogen-bond donors (Lipinski definition) is 2. The molecule has 1 aromatic rings. The molecule has 27 heavy (non-hydrogen) atoms. The van der Waals surface area contributed by atoms with E-state index < -0.39 is 0 Å². The summed E-state index contributed by atoms with van der Waals surface area (Å²) in [6.45, 7) is 5.66. The number of carbonyl (C=O) groups excluding carboxylic acids is 2. The van der Waals surface area contributed by atoms with Gasteiger partial charge in [0.25, 0.3) is 0 Å². The van der Waals surface area contributed by atoms with Crippen LogP contribution in [0.15, 0.2) is 24.3 Å². The number of amides is 2. The van der Waals surface area contributed by atoms with E-state index in [2.05, 4.69) is 23.6 Å². The Hall–Kier alpha value is -1.59. The third-order valence-corrected chi connectivity index (χ3v) is 5.72. The fraction of sp³-hybridized carbons (Fsp3) is 0.619. The van der Waals surface area contributed by atoms with Gasteiger partial charge >= 0.3 is 0 Å². The number of nitrogens with zero attached hydrogens (tertiary/aromatic N) is 1. The molecule has 6 heteroatoms. The van der Waals surface area contributed by atoms with Crippen LogP contribution in [-0.4, -0.2) is 38.0 Å². The Morgan fingerprint density at radius 1 is 1.33 bits per heavy atom. The van der Waals surface area contributed by atoms with Crippen LogP contribution in [0.2, 0.25) is 0 Å². The van der Waals surface area contributed by atoms with Gasteiger partial charge in [0.15, 0.2) is 0 Å². The summed E-state index contributed by atoms with van der Waals surface area (Å²) in [6.07, 6.45) is 5.12. The number of halogens is 1. The van der Waals surface area contributed by atoms with Gasteiger partial charge in [-0.25, -0.2) is 0 Å². The Morgan fingerprint density at radius 3 is 2.93 bits per heavy atom. The first-order valence-electron chi connectivity index (χ1n) is 10.0. The topological polar surface area (TPSA) is 61.4 Å². The zero-order chi connectivity index (χ0) is 18.4. The highest BCUT2D eigenvalue weighted by Crippen LogP contribution is 2.28. The zero-order valence-corrected chi connectivity index (χ0v) is 17.0. The molecule has 0 spiro atoms. The van der Waals surface area contributed by atoms with E-state index in [1.165, 1.54) is 18.4 Å². The summed E-state index contributed by atoms with van der Waals surface area (Å²) in [6, 6.07) is 8.11. The van der Waals surface area contributed by atoms with E-state index in [1.807, 2.05) is 23.1 Å². The monoisotopic (exact) mass is 393 g/mol. The third-order valence-electron chi connectivity index (χ3n) is 5.72. The lowest BCUT2D eigenvalue weighted by Crippen LogP contribution is -2.36. The minimum Gasteiger partial charge on any atom is -0.356 e. The second kappa shape index (κ2) is 10.7. The van der Waals surface area contributed by atoms with Crippen LogP contribution in [0.4, 0.5) is 5.69 Å². The van der Waals surface area contributed by atoms with Gasteiger partial charge in [0.1, 0.15) is 0 Å². The van der Waals surface area contributed by atoms with Crippen molar-refractivity contribution >= 4 is 29.9 Å². The number of fused-ring (bicyclic) bond motifs is 1. The molecule has 0 bridgehead atoms. The number of nitrogens with one attached hydrogen (secondary N) is 2. The first-order chi connectivity index (χ1) is 12.6. The number of para-hydroxylation sites is 1. The van der Waals surface area contributed by atoms with Crippen molar-refractivity contribution in [2.45, 2.75) is 45.4 Å². The van der Waals surface area contributed by atoms with Crippen LogP contribution in [-0.2, 0) is 16.0 Å². The van der Waals surface area contributed by atoms with E-state index in [0.717, 1.165) is 31.7 Å². The Kier molecular flexibility index (Phi) is 8.58. The SMILES string of the molecule is CC(CC(=O)NCCCC(=O)N1CCc2ccccc21)C1CCCNC1.Cl. The largest absolute Gasteiger partial charge is 0.356 e. The summed E-state index contributed by atoms with van der Waals surface area (Å²) in [4.78, 5) is 26.5. The van der Waals surface area contributed by atoms with Gasteiger partial charge < -0.3 is 15.5 Å². The standard InChI is InChI=1S/C21H31N3O2.ClH/c1-16(18-7-4-11-22-15-18)14-20(25)23-12-5-9-21(26)24-13-10-17-6-2-3-8-19(17)24;/h2-3,6,8,16,18,22H,4-5,7,9-15H2,1H3,(H,23,25);1H. The predicted molar refractivity (Wildman–Crippen MR) is 111 cm³/mol. The number of rotatable bonds is 7. The van der Waals surface area contributed by atoms with Crippen molar-refractivity contribution in [2.75, 3.05) is 31.1 Å². The summed E-state index contributed by atoms with van der Waals surface area (Å²) >= 11 is 0. The molecule has 3 rings (SSSR count). The number of carbonyl (C=O) groups is 2. The first-order valence-corrected chi connectivity index (χ1v) is 10.0. The molecule has 2 N–H and O–H groups in total. The van der Waals surface area contributed by atoms with Crippen molar-refractivity contribution in [1.82, 2.24) is 10.6 Å². The molecular weight excluding hydrogens is 362 g/mol. The highest BCUT2D eigenvalue weighted by molar-refractivity contribution is 5.95. The van der Waals surface area contributed by atoms with Crippen LogP contribution in [0.5, 0.6) is 0 Å². The Morgan fingerprint density at radius 2 is 2.15 bits per heavy atom. The minimum absolute atomic E-state index is 0. The van der Waals surface area contributed by atoms with E-state index in [9.17, 15) is 9.59 Å². The van der Waals surface area contributed by atoms with E-state index in [1.54, 1.807) is 0 Å². The molecule has 2 heterocycles. The number of hydrogen-bond acceptors (Lipinski definition) is 3. The number of benzene rings is 1. The predicted octanol–water partition coefficient (Wildman–Crippen LogP) is 2.92. The Bertz CT molecular complexity index is 632. The molecular formula is C21H32ClN3O2. The molecule has 2 aliphatic heterocycles. The van der Waals surface area contributed by atoms with Gasteiger partial charge in [-0.2, -0.15) is 0 Å². The fourth-order valence-electron chi connectivity index (χ4n) is 4.10. The Labute approximate surface area is 168 Å². The van der Waals surface area contributed by atoms with Crippen LogP contribution in [0.1, 0.15) is 44.6 Å². The molecule has 0 aromatic heterocycles. The maximum Gasteiger partial charge on any atom is 0.227 e. The average molecular weight is 394 g/mol. The summed E-state index contributed by atoms with van der Waals surface area (Å²) in [5.74, 6) is 1.28. The molecule has 2 amide bonds. The summed E-state index contributed by atoms with van der Waals surface area (Å²) in [5.41, 5.74) is 2.30. The second-order valence-electron chi connectivity index (χ2n) is 7.67. The van der Waals surface area contributed by atoms with Gasteiger partial charge in [-0.05, 0) is 62.2 Å². The number of piperidine rings is 1. The zero-order valence-electron chi connectivity index (χ0n) is 16.2. The van der Waals surface area contributed by atoms with Crippen LogP contribution < -0.4 is 15.5 Å².